The number of rotatable bonds is 4. The first-order valence-corrected chi connectivity index (χ1v) is 8.15. The molecule has 1 unspecified atom stereocenters. The van der Waals surface area contributed by atoms with Gasteiger partial charge in [-0.2, -0.15) is 13.2 Å². The fourth-order valence-electron chi connectivity index (χ4n) is 2.91. The lowest BCUT2D eigenvalue weighted by atomic mass is 9.98. The minimum Gasteiger partial charge on any atom is -0.477 e. The maximum atomic E-state index is 13.0. The lowest BCUT2D eigenvalue weighted by molar-refractivity contribution is -0.139. The third kappa shape index (κ3) is 4.12. The molecule has 26 heavy (non-hydrogen) atoms. The van der Waals surface area contributed by atoms with Gasteiger partial charge in [-0.3, -0.25) is 9.48 Å². The summed E-state index contributed by atoms with van der Waals surface area (Å²) in [5.74, 6) is -0.749. The predicted octanol–water partition coefficient (Wildman–Crippen LogP) is 2.16. The first-order chi connectivity index (χ1) is 12.3. The van der Waals surface area contributed by atoms with E-state index in [1.165, 1.54) is 23.1 Å². The van der Waals surface area contributed by atoms with E-state index in [4.69, 9.17) is 4.74 Å². The van der Waals surface area contributed by atoms with Crippen LogP contribution in [0, 0.1) is 5.92 Å². The molecule has 1 aliphatic heterocycles. The summed E-state index contributed by atoms with van der Waals surface area (Å²) in [4.78, 5) is 17.7. The monoisotopic (exact) mass is 369 g/mol. The van der Waals surface area contributed by atoms with E-state index in [1.54, 1.807) is 11.9 Å². The van der Waals surface area contributed by atoms with Crippen molar-refractivity contribution in [2.24, 2.45) is 13.0 Å². The molecule has 0 aliphatic carbocycles. The van der Waals surface area contributed by atoms with Gasteiger partial charge in [-0.05, 0) is 25.0 Å². The minimum atomic E-state index is -4.52. The van der Waals surface area contributed by atoms with Gasteiger partial charge in [0, 0.05) is 32.3 Å². The topological polar surface area (TPSA) is 73.1 Å². The number of alkyl halides is 3. The van der Waals surface area contributed by atoms with Crippen LogP contribution < -0.4 is 4.74 Å². The highest BCUT2D eigenvalue weighted by molar-refractivity contribution is 5.92. The summed E-state index contributed by atoms with van der Waals surface area (Å²) in [6, 6.07) is 2.16. The Balaban J connectivity index is 1.62. The number of carbonyl (C=O) groups excluding carboxylic acids is 1. The van der Waals surface area contributed by atoms with Crippen molar-refractivity contribution in [1.82, 2.24) is 24.9 Å². The number of aromatic nitrogens is 4. The molecule has 0 bridgehead atoms. The molecule has 1 aliphatic rings. The molecule has 1 atom stereocenters. The van der Waals surface area contributed by atoms with Crippen molar-refractivity contribution in [3.8, 4) is 5.88 Å². The van der Waals surface area contributed by atoms with Crippen molar-refractivity contribution < 1.29 is 22.7 Å². The number of likely N-dealkylation sites (tertiary alicyclic amines) is 1. The van der Waals surface area contributed by atoms with Gasteiger partial charge in [0.25, 0.3) is 5.91 Å². The van der Waals surface area contributed by atoms with Crippen molar-refractivity contribution >= 4 is 5.91 Å². The molecule has 140 valence electrons. The van der Waals surface area contributed by atoms with Gasteiger partial charge in [0.15, 0.2) is 5.69 Å². The van der Waals surface area contributed by atoms with E-state index in [1.807, 2.05) is 0 Å². The van der Waals surface area contributed by atoms with Crippen molar-refractivity contribution in [2.45, 2.75) is 19.0 Å². The fourth-order valence-corrected chi connectivity index (χ4v) is 2.91. The zero-order chi connectivity index (χ0) is 18.7. The first-order valence-electron chi connectivity index (χ1n) is 8.15. The molecule has 10 heteroatoms. The van der Waals surface area contributed by atoms with Gasteiger partial charge in [-0.1, -0.05) is 5.21 Å². The molecular weight excluding hydrogens is 351 g/mol. The number of hydrogen-bond acceptors (Lipinski definition) is 5. The molecule has 3 rings (SSSR count). The highest BCUT2D eigenvalue weighted by atomic mass is 19.4. The Bertz CT molecular complexity index is 777. The van der Waals surface area contributed by atoms with Crippen molar-refractivity contribution in [2.75, 3.05) is 19.7 Å². The Morgan fingerprint density at radius 2 is 2.23 bits per heavy atom. The number of piperidine rings is 1. The zero-order valence-electron chi connectivity index (χ0n) is 14.1. The highest BCUT2D eigenvalue weighted by Crippen LogP contribution is 2.35. The number of amides is 1. The molecule has 1 fully saturated rings. The largest absolute Gasteiger partial charge is 0.477 e. The van der Waals surface area contributed by atoms with Gasteiger partial charge in [0.05, 0.1) is 12.8 Å². The zero-order valence-corrected chi connectivity index (χ0v) is 14.1. The van der Waals surface area contributed by atoms with Crippen LogP contribution in [0.1, 0.15) is 28.9 Å². The number of pyridine rings is 1. The van der Waals surface area contributed by atoms with E-state index in [0.717, 1.165) is 18.9 Å². The van der Waals surface area contributed by atoms with Gasteiger partial charge in [0.2, 0.25) is 5.88 Å². The van der Waals surface area contributed by atoms with E-state index >= 15 is 0 Å². The van der Waals surface area contributed by atoms with Crippen molar-refractivity contribution in [1.29, 1.82) is 0 Å². The number of halogens is 3. The third-order valence-electron chi connectivity index (χ3n) is 4.16. The smallest absolute Gasteiger partial charge is 0.421 e. The summed E-state index contributed by atoms with van der Waals surface area (Å²) in [6.07, 6.45) is -0.224. The molecule has 0 spiro atoms. The van der Waals surface area contributed by atoms with Crippen molar-refractivity contribution in [3.05, 3.63) is 35.8 Å². The Labute approximate surface area is 147 Å². The van der Waals surface area contributed by atoms with E-state index in [-0.39, 0.29) is 24.1 Å². The van der Waals surface area contributed by atoms with Crippen LogP contribution >= 0.6 is 0 Å². The van der Waals surface area contributed by atoms with E-state index in [0.29, 0.717) is 13.1 Å². The van der Waals surface area contributed by atoms with Crippen molar-refractivity contribution in [3.63, 3.8) is 0 Å². The molecule has 0 saturated carbocycles. The van der Waals surface area contributed by atoms with Crippen LogP contribution in [0.5, 0.6) is 5.88 Å². The maximum absolute atomic E-state index is 13.0. The molecular formula is C16H18F3N5O2. The normalized spacial score (nSPS) is 18.0. The summed E-state index contributed by atoms with van der Waals surface area (Å²) in [7, 11) is 1.67. The molecule has 1 saturated heterocycles. The average molecular weight is 369 g/mol. The summed E-state index contributed by atoms with van der Waals surface area (Å²) < 4.78 is 45.7. The number of nitrogens with zero attached hydrogens (tertiary/aromatic N) is 5. The number of aryl methyl sites for hydroxylation is 1. The number of hydrogen-bond donors (Lipinski definition) is 0. The number of carbonyl (C=O) groups is 1. The van der Waals surface area contributed by atoms with Gasteiger partial charge in [-0.25, -0.2) is 4.98 Å². The second kappa shape index (κ2) is 7.30. The Hall–Kier alpha value is -2.65. The Kier molecular flexibility index (Phi) is 5.10. The fraction of sp³-hybridized carbons (Fsp3) is 0.500. The highest BCUT2D eigenvalue weighted by Gasteiger charge is 2.35. The van der Waals surface area contributed by atoms with Gasteiger partial charge in [-0.15, -0.1) is 5.10 Å². The second-order valence-electron chi connectivity index (χ2n) is 6.20. The molecule has 3 heterocycles. The molecule has 0 aromatic carbocycles. The third-order valence-corrected chi connectivity index (χ3v) is 4.16. The van der Waals surface area contributed by atoms with Gasteiger partial charge >= 0.3 is 6.18 Å². The van der Waals surface area contributed by atoms with Crippen LogP contribution in [0.4, 0.5) is 13.2 Å². The summed E-state index contributed by atoms with van der Waals surface area (Å²) in [5, 5.41) is 7.54. The van der Waals surface area contributed by atoms with Crippen LogP contribution in [-0.2, 0) is 13.2 Å². The average Bonchev–Trinajstić information content (AvgIpc) is 3.05. The van der Waals surface area contributed by atoms with Crippen LogP contribution in [0.2, 0.25) is 0 Å². The maximum Gasteiger partial charge on any atom is 0.421 e. The summed E-state index contributed by atoms with van der Waals surface area (Å²) in [5.41, 5.74) is -0.651. The van der Waals surface area contributed by atoms with E-state index < -0.39 is 17.6 Å². The van der Waals surface area contributed by atoms with Crippen LogP contribution in [0.25, 0.3) is 0 Å². The summed E-state index contributed by atoms with van der Waals surface area (Å²) >= 11 is 0. The lowest BCUT2D eigenvalue weighted by Gasteiger charge is -2.32. The molecule has 0 N–H and O–H groups in total. The Morgan fingerprint density at radius 1 is 1.42 bits per heavy atom. The molecule has 7 nitrogen and oxygen atoms in total. The van der Waals surface area contributed by atoms with E-state index in [2.05, 4.69) is 15.3 Å². The molecule has 2 aromatic rings. The standard InChI is InChI=1S/C16H18F3N5O2/c1-23-9-13(21-22-23)15(25)24-7-3-4-11(8-24)10-26-14-12(16(17,18)19)5-2-6-20-14/h2,5-6,9,11H,3-4,7-8,10H2,1H3. The minimum absolute atomic E-state index is 0.0599. The SMILES string of the molecule is Cn1cc(C(=O)N2CCCC(COc3ncccc3C(F)(F)F)C2)nn1. The quantitative estimate of drug-likeness (QED) is 0.826. The van der Waals surface area contributed by atoms with Crippen LogP contribution in [0.3, 0.4) is 0 Å². The van der Waals surface area contributed by atoms with Gasteiger partial charge < -0.3 is 9.64 Å². The van der Waals surface area contributed by atoms with E-state index in [9.17, 15) is 18.0 Å². The molecule has 0 radical (unpaired) electrons. The van der Waals surface area contributed by atoms with Crippen LogP contribution in [0.15, 0.2) is 24.5 Å². The second-order valence-corrected chi connectivity index (χ2v) is 6.20. The van der Waals surface area contributed by atoms with Gasteiger partial charge in [0.1, 0.15) is 5.56 Å². The molecule has 2 aromatic heterocycles. The first kappa shape index (κ1) is 18.2. The lowest BCUT2D eigenvalue weighted by Crippen LogP contribution is -2.41. The number of ether oxygens (including phenoxy) is 1. The molecule has 1 amide bonds. The predicted molar refractivity (Wildman–Crippen MR) is 84.4 cm³/mol. The Morgan fingerprint density at radius 3 is 2.92 bits per heavy atom. The summed E-state index contributed by atoms with van der Waals surface area (Å²) in [6.45, 7) is 1.03. The van der Waals surface area contributed by atoms with Crippen LogP contribution in [-0.4, -0.2) is 50.5 Å².